The third-order valence-electron chi connectivity index (χ3n) is 8.17. The number of hydrogen-bond donors (Lipinski definition) is 0. The first-order valence-electron chi connectivity index (χ1n) is 16.2. The maximum absolute atomic E-state index is 4.83. The minimum atomic E-state index is -0.197. The van der Waals surface area contributed by atoms with Crippen LogP contribution in [0.4, 0.5) is 0 Å². The molecule has 0 rings (SSSR count). The Kier molecular flexibility index (Phi) is 36.0. The summed E-state index contributed by atoms with van der Waals surface area (Å²) in [7, 11) is -0.787. The van der Waals surface area contributed by atoms with E-state index in [-0.39, 0.29) is 65.2 Å². The van der Waals surface area contributed by atoms with Crippen molar-refractivity contribution in [2.45, 2.75) is 156 Å². The Bertz CT molecular complexity index is 411. The molecule has 0 saturated heterocycles. The van der Waals surface area contributed by atoms with E-state index in [4.69, 9.17) is 10.6 Å². The smallest absolute Gasteiger partial charge is 0.0621 e. The molecule has 0 saturated carbocycles. The van der Waals surface area contributed by atoms with Crippen LogP contribution in [0.5, 0.6) is 0 Å². The van der Waals surface area contributed by atoms with E-state index in [1.165, 1.54) is 24.6 Å². The monoisotopic (exact) mass is 730 g/mol. The molecule has 0 aromatic carbocycles. The maximum Gasteiger partial charge on any atom is 0.0621 e. The topological polar surface area (TPSA) is 28.2 Å². The number of rotatable bonds is 20. The minimum Gasteiger partial charge on any atom is -0.656 e. The van der Waals surface area contributed by atoms with Gasteiger partial charge >= 0.3 is 0 Å². The molecule has 0 aliphatic carbocycles. The summed E-state index contributed by atoms with van der Waals surface area (Å²) in [5.74, 6) is 0. The van der Waals surface area contributed by atoms with Gasteiger partial charge in [0.25, 0.3) is 0 Å². The zero-order chi connectivity index (χ0) is 30.0. The van der Waals surface area contributed by atoms with Crippen LogP contribution in [0.25, 0.3) is 10.6 Å². The standard InChI is InChI=1S/2C16H36NP2.2Co/c2*1-13(2)18(14(3)4)11-9-17-10-12-19(15(5)6)16(7)8;;/h2*13-16H,9-12H2,1-8H3;;/q2*-1;;/p+4. The third-order valence-corrected chi connectivity index (χ3v) is 23.2. The average molecular weight is 731 g/mol. The molecule has 2 nitrogen and oxygen atoms in total. The van der Waals surface area contributed by atoms with Crippen molar-refractivity contribution in [3.8, 4) is 0 Å². The molecule has 0 bridgehead atoms. The van der Waals surface area contributed by atoms with Gasteiger partial charge in [-0.15, -0.1) is 26.2 Å². The van der Waals surface area contributed by atoms with Gasteiger partial charge < -0.3 is 10.6 Å². The van der Waals surface area contributed by atoms with Gasteiger partial charge in [-0.1, -0.05) is 0 Å². The summed E-state index contributed by atoms with van der Waals surface area (Å²) in [6, 6.07) is 0. The van der Waals surface area contributed by atoms with Crippen molar-refractivity contribution in [2.24, 2.45) is 0 Å². The molecule has 0 aliphatic heterocycles. The molecule has 250 valence electrons. The second-order valence-electron chi connectivity index (χ2n) is 13.9. The van der Waals surface area contributed by atoms with Crippen LogP contribution in [0, 0.1) is 0 Å². The van der Waals surface area contributed by atoms with Crippen molar-refractivity contribution in [3.63, 3.8) is 0 Å². The fourth-order valence-corrected chi connectivity index (χ4v) is 17.6. The molecule has 0 aliphatic rings. The average Bonchev–Trinajstić information content (AvgIpc) is 2.76. The van der Waals surface area contributed by atoms with Gasteiger partial charge in [0.2, 0.25) is 0 Å². The number of nitrogens with zero attached hydrogens (tertiary/aromatic N) is 2. The van der Waals surface area contributed by atoms with E-state index < -0.39 is 0 Å². The molecule has 0 aromatic rings. The second-order valence-corrected chi connectivity index (χ2v) is 29.7. The molecule has 0 heterocycles. The van der Waals surface area contributed by atoms with Crippen molar-refractivity contribution in [3.05, 3.63) is 10.6 Å². The van der Waals surface area contributed by atoms with Crippen LogP contribution in [0.1, 0.15) is 111 Å². The quantitative estimate of drug-likeness (QED) is 0.0882. The van der Waals surface area contributed by atoms with Crippen LogP contribution in [0.3, 0.4) is 0 Å². The van der Waals surface area contributed by atoms with E-state index in [0.717, 1.165) is 71.5 Å². The van der Waals surface area contributed by atoms with E-state index in [0.29, 0.717) is 0 Å². The predicted octanol–water partition coefficient (Wildman–Crippen LogP) is 10.8. The largest absolute Gasteiger partial charge is 0.656 e. The Morgan fingerprint density at radius 3 is 0.525 bits per heavy atom. The van der Waals surface area contributed by atoms with E-state index in [1.54, 1.807) is 0 Å². The second kappa shape index (κ2) is 29.1. The Labute approximate surface area is 281 Å². The maximum atomic E-state index is 4.83. The van der Waals surface area contributed by atoms with E-state index in [1.807, 2.05) is 0 Å². The van der Waals surface area contributed by atoms with Crippen LogP contribution in [0.2, 0.25) is 0 Å². The molecule has 8 heteroatoms. The molecule has 0 spiro atoms. The normalized spacial score (nSPS) is 12.3. The van der Waals surface area contributed by atoms with Gasteiger partial charge in [-0.05, 0) is 111 Å². The van der Waals surface area contributed by atoms with Crippen molar-refractivity contribution in [2.75, 3.05) is 50.8 Å². The van der Waals surface area contributed by atoms with Crippen LogP contribution in [-0.2, 0) is 33.6 Å². The van der Waals surface area contributed by atoms with Gasteiger partial charge in [0.1, 0.15) is 0 Å². The van der Waals surface area contributed by atoms with Gasteiger partial charge in [0.15, 0.2) is 0 Å². The molecule has 0 aromatic heterocycles. The summed E-state index contributed by atoms with van der Waals surface area (Å²) in [4.78, 5) is 0. The van der Waals surface area contributed by atoms with Gasteiger partial charge in [-0.2, -0.15) is 0 Å². The Hall–Kier alpha value is 2.65. The van der Waals surface area contributed by atoms with E-state index in [2.05, 4.69) is 111 Å². The van der Waals surface area contributed by atoms with Crippen molar-refractivity contribution < 1.29 is 33.6 Å². The van der Waals surface area contributed by atoms with Gasteiger partial charge in [0, 0.05) is 89.9 Å². The molecule has 0 amide bonds. The van der Waals surface area contributed by atoms with Crippen molar-refractivity contribution in [1.29, 1.82) is 0 Å². The van der Waals surface area contributed by atoms with Crippen LogP contribution >= 0.6 is 31.7 Å². The first kappa shape index (κ1) is 49.5. The number of hydrogen-bond acceptors (Lipinski definition) is 0. The molecule has 40 heavy (non-hydrogen) atoms. The minimum absolute atomic E-state index is 0. The van der Waals surface area contributed by atoms with E-state index >= 15 is 0 Å². The molecular weight excluding hydrogens is 654 g/mol. The first-order valence-corrected chi connectivity index (χ1v) is 23.7. The summed E-state index contributed by atoms with van der Waals surface area (Å²) < 4.78 is 0. The summed E-state index contributed by atoms with van der Waals surface area (Å²) in [5.41, 5.74) is 7.16. The molecule has 0 unspecified atom stereocenters. The van der Waals surface area contributed by atoms with Crippen molar-refractivity contribution in [1.82, 2.24) is 0 Å². The van der Waals surface area contributed by atoms with Gasteiger partial charge in [0.05, 0.1) is 45.3 Å². The third kappa shape index (κ3) is 24.9. The SMILES string of the molecule is CC(C)[PH+](CC[N-]CC[PH+](C(C)C)C(C)C)C(C)C.CC(C)[PH+](CC[N-]CC[PH+](C(C)C)C(C)C)C(C)C.[Co].[Co]. The van der Waals surface area contributed by atoms with Crippen LogP contribution in [0.15, 0.2) is 0 Å². The Morgan fingerprint density at radius 2 is 0.425 bits per heavy atom. The Morgan fingerprint density at radius 1 is 0.300 bits per heavy atom. The molecule has 0 atom stereocenters. The molecular formula is C32H76Co2N2P4+2. The summed E-state index contributed by atoms with van der Waals surface area (Å²) in [6.45, 7) is 42.8. The Balaban J connectivity index is -0.000000309. The van der Waals surface area contributed by atoms with Gasteiger partial charge in [-0.25, -0.2) is 0 Å². The zero-order valence-corrected chi connectivity index (χ0v) is 35.9. The molecule has 0 fully saturated rings. The predicted molar refractivity (Wildman–Crippen MR) is 200 cm³/mol. The van der Waals surface area contributed by atoms with Gasteiger partial charge in [-0.3, -0.25) is 0 Å². The molecule has 2 radical (unpaired) electrons. The summed E-state index contributed by atoms with van der Waals surface area (Å²) in [5, 5.41) is 9.66. The fraction of sp³-hybridized carbons (Fsp3) is 1.00. The first-order chi connectivity index (χ1) is 17.5. The van der Waals surface area contributed by atoms with Crippen LogP contribution in [-0.4, -0.2) is 96.1 Å². The summed E-state index contributed by atoms with van der Waals surface area (Å²) >= 11 is 0. The van der Waals surface area contributed by atoms with E-state index in [9.17, 15) is 0 Å². The molecule has 0 N–H and O–H groups in total. The zero-order valence-electron chi connectivity index (χ0n) is 29.8. The summed E-state index contributed by atoms with van der Waals surface area (Å²) in [6.07, 6.45) is 5.52. The fourth-order valence-electron chi connectivity index (χ4n) is 6.03. The van der Waals surface area contributed by atoms with Crippen LogP contribution < -0.4 is 0 Å². The van der Waals surface area contributed by atoms with Crippen molar-refractivity contribution >= 4 is 31.7 Å².